The highest BCUT2D eigenvalue weighted by atomic mass is 79.9. The first-order chi connectivity index (χ1) is 6.34. The van der Waals surface area contributed by atoms with Gasteiger partial charge in [0, 0.05) is 11.0 Å². The smallest absolute Gasteiger partial charge is 0.0216 e. The van der Waals surface area contributed by atoms with Crippen LogP contribution in [0.25, 0.3) is 0 Å². The van der Waals surface area contributed by atoms with Gasteiger partial charge >= 0.3 is 0 Å². The molecule has 0 fully saturated rings. The van der Waals surface area contributed by atoms with E-state index in [4.69, 9.17) is 0 Å². The lowest BCUT2D eigenvalue weighted by Gasteiger charge is -2.11. The summed E-state index contributed by atoms with van der Waals surface area (Å²) >= 11 is 3.58. The second-order valence-corrected chi connectivity index (χ2v) is 5.12. The first-order valence-electron chi connectivity index (χ1n) is 4.83. The van der Waals surface area contributed by atoms with E-state index < -0.39 is 0 Å². The average molecular weight is 262 g/mol. The maximum Gasteiger partial charge on any atom is 0.0216 e. The van der Waals surface area contributed by atoms with E-state index in [1.54, 1.807) is 0 Å². The molecule has 0 radical (unpaired) electrons. The fourth-order valence-electron chi connectivity index (χ4n) is 1.19. The predicted molar refractivity (Wildman–Crippen MR) is 66.1 cm³/mol. The molecule has 0 saturated carbocycles. The minimum Gasteiger partial charge on any atom is -0.313 e. The number of rotatable bonds is 5. The molecule has 0 aliphatic carbocycles. The number of halogens is 1. The van der Waals surface area contributed by atoms with Crippen LogP contribution in [0.3, 0.4) is 0 Å². The van der Waals surface area contributed by atoms with Gasteiger partial charge in [-0.2, -0.15) is 0 Å². The molecule has 0 aromatic carbocycles. The lowest BCUT2D eigenvalue weighted by Crippen LogP contribution is -2.18. The summed E-state index contributed by atoms with van der Waals surface area (Å²) in [5.74, 6) is 2.35. The van der Waals surface area contributed by atoms with Crippen LogP contribution in [-0.2, 0) is 0 Å². The average Bonchev–Trinajstić information content (AvgIpc) is 2.15. The Bertz CT molecular complexity index is 211. The minimum absolute atomic E-state index is 0.972. The van der Waals surface area contributed by atoms with Crippen LogP contribution < -0.4 is 5.32 Å². The molecule has 0 saturated heterocycles. The second-order valence-electron chi connectivity index (χ2n) is 3.16. The van der Waals surface area contributed by atoms with Gasteiger partial charge in [0.05, 0.1) is 0 Å². The van der Waals surface area contributed by atoms with Gasteiger partial charge in [-0.25, -0.2) is 0 Å². The van der Waals surface area contributed by atoms with Crippen molar-refractivity contribution in [3.8, 4) is 0 Å². The van der Waals surface area contributed by atoms with Crippen LogP contribution in [0.15, 0.2) is 21.9 Å². The number of nitrogens with one attached hydrogen (secondary N) is 1. The van der Waals surface area contributed by atoms with Crippen molar-refractivity contribution in [2.75, 3.05) is 19.3 Å². The normalized spacial score (nSPS) is 18.6. The highest BCUT2D eigenvalue weighted by Gasteiger charge is 2.04. The van der Waals surface area contributed by atoms with Crippen molar-refractivity contribution in [1.29, 1.82) is 0 Å². The molecular weight excluding hydrogens is 245 g/mol. The third kappa shape index (κ3) is 4.39. The van der Waals surface area contributed by atoms with E-state index >= 15 is 0 Å². The third-order valence-electron chi connectivity index (χ3n) is 2.00. The molecular formula is C10H17BrNP. The van der Waals surface area contributed by atoms with Crippen molar-refractivity contribution in [2.24, 2.45) is 0 Å². The Kier molecular flexibility index (Phi) is 5.93. The van der Waals surface area contributed by atoms with Crippen molar-refractivity contribution in [3.05, 3.63) is 21.9 Å². The Morgan fingerprint density at radius 1 is 1.62 bits per heavy atom. The van der Waals surface area contributed by atoms with E-state index in [1.165, 1.54) is 29.1 Å². The molecule has 1 nitrogen and oxygen atoms in total. The molecule has 1 atom stereocenters. The molecule has 1 N–H and O–H groups in total. The third-order valence-corrected chi connectivity index (χ3v) is 3.83. The van der Waals surface area contributed by atoms with Crippen LogP contribution in [-0.4, -0.2) is 19.3 Å². The summed E-state index contributed by atoms with van der Waals surface area (Å²) in [6, 6.07) is 0. The molecule has 1 aliphatic rings. The summed E-state index contributed by atoms with van der Waals surface area (Å²) in [5, 5.41) is 3.45. The van der Waals surface area contributed by atoms with Gasteiger partial charge in [0.15, 0.2) is 0 Å². The van der Waals surface area contributed by atoms with Gasteiger partial charge in [-0.05, 0) is 24.7 Å². The van der Waals surface area contributed by atoms with E-state index in [0.29, 0.717) is 0 Å². The molecule has 0 amide bonds. The standard InChI is InChI=1S/C10H17BrNP/c1-2-3-5-12-7-9-8-13-6-4-10(9)11/h4,8,12-13H,2-3,5-7H2,1H3. The molecule has 0 bridgehead atoms. The Labute approximate surface area is 91.0 Å². The quantitative estimate of drug-likeness (QED) is 0.592. The van der Waals surface area contributed by atoms with Gasteiger partial charge in [-0.3, -0.25) is 0 Å². The van der Waals surface area contributed by atoms with Gasteiger partial charge < -0.3 is 5.32 Å². The molecule has 3 heteroatoms. The van der Waals surface area contributed by atoms with E-state index in [0.717, 1.165) is 21.7 Å². The highest BCUT2D eigenvalue weighted by molar-refractivity contribution is 9.12. The van der Waals surface area contributed by atoms with Gasteiger partial charge in [-0.1, -0.05) is 49.7 Å². The summed E-state index contributed by atoms with van der Waals surface area (Å²) < 4.78 is 1.29. The van der Waals surface area contributed by atoms with Gasteiger partial charge in [0.2, 0.25) is 0 Å². The predicted octanol–water partition coefficient (Wildman–Crippen LogP) is 3.23. The Morgan fingerprint density at radius 2 is 2.46 bits per heavy atom. The summed E-state index contributed by atoms with van der Waals surface area (Å²) in [6.45, 7) is 4.38. The van der Waals surface area contributed by atoms with Crippen molar-refractivity contribution in [3.63, 3.8) is 0 Å². The van der Waals surface area contributed by atoms with Gasteiger partial charge in [-0.15, -0.1) is 0 Å². The van der Waals surface area contributed by atoms with Crippen molar-refractivity contribution < 1.29 is 0 Å². The van der Waals surface area contributed by atoms with E-state index in [-0.39, 0.29) is 0 Å². The second kappa shape index (κ2) is 6.75. The topological polar surface area (TPSA) is 12.0 Å². The van der Waals surface area contributed by atoms with E-state index in [2.05, 4.69) is 40.1 Å². The maximum absolute atomic E-state index is 3.58. The zero-order chi connectivity index (χ0) is 9.52. The molecule has 0 aromatic heterocycles. The van der Waals surface area contributed by atoms with Crippen molar-refractivity contribution in [1.82, 2.24) is 5.32 Å². The molecule has 1 unspecified atom stereocenters. The first-order valence-corrected chi connectivity index (χ1v) is 6.91. The lowest BCUT2D eigenvalue weighted by molar-refractivity contribution is 0.674. The lowest BCUT2D eigenvalue weighted by atomic mass is 10.2. The monoisotopic (exact) mass is 261 g/mol. The van der Waals surface area contributed by atoms with E-state index in [9.17, 15) is 0 Å². The van der Waals surface area contributed by atoms with E-state index in [1.807, 2.05) is 0 Å². The zero-order valence-electron chi connectivity index (χ0n) is 8.07. The summed E-state index contributed by atoms with van der Waals surface area (Å²) in [7, 11) is 0.972. The fourth-order valence-corrected chi connectivity index (χ4v) is 3.06. The summed E-state index contributed by atoms with van der Waals surface area (Å²) in [6.07, 6.45) is 6.02. The Hall–Kier alpha value is 0.350. The van der Waals surface area contributed by atoms with Crippen LogP contribution in [0.1, 0.15) is 19.8 Å². The maximum atomic E-state index is 3.58. The SMILES string of the molecule is CCCCNCC1=CPCC=C1Br. The summed E-state index contributed by atoms with van der Waals surface area (Å²) in [5.41, 5.74) is 1.43. The van der Waals surface area contributed by atoms with Crippen LogP contribution in [0.4, 0.5) is 0 Å². The van der Waals surface area contributed by atoms with Crippen LogP contribution in [0.5, 0.6) is 0 Å². The molecule has 1 heterocycles. The largest absolute Gasteiger partial charge is 0.313 e. The van der Waals surface area contributed by atoms with Gasteiger partial charge in [0.1, 0.15) is 0 Å². The number of hydrogen-bond donors (Lipinski definition) is 1. The molecule has 1 rings (SSSR count). The van der Waals surface area contributed by atoms with Gasteiger partial charge in [0.25, 0.3) is 0 Å². The molecule has 1 aliphatic heterocycles. The Balaban J connectivity index is 2.20. The molecule has 0 aromatic rings. The molecule has 0 spiro atoms. The zero-order valence-corrected chi connectivity index (χ0v) is 10.7. The van der Waals surface area contributed by atoms with Crippen LogP contribution >= 0.6 is 24.5 Å². The summed E-state index contributed by atoms with van der Waals surface area (Å²) in [4.78, 5) is 0. The van der Waals surface area contributed by atoms with Crippen molar-refractivity contribution >= 4 is 24.5 Å². The van der Waals surface area contributed by atoms with Crippen molar-refractivity contribution in [2.45, 2.75) is 19.8 Å². The number of hydrogen-bond acceptors (Lipinski definition) is 1. The first kappa shape index (κ1) is 11.4. The Morgan fingerprint density at radius 3 is 3.15 bits per heavy atom. The minimum atomic E-state index is 0.972. The van der Waals surface area contributed by atoms with Crippen LogP contribution in [0.2, 0.25) is 0 Å². The highest BCUT2D eigenvalue weighted by Crippen LogP contribution is 2.29. The molecule has 74 valence electrons. The number of unbranched alkanes of at least 4 members (excludes halogenated alkanes) is 1. The van der Waals surface area contributed by atoms with Crippen LogP contribution in [0, 0.1) is 0 Å². The number of allylic oxidation sites excluding steroid dienone is 1. The molecule has 13 heavy (non-hydrogen) atoms. The fraction of sp³-hybridized carbons (Fsp3) is 0.600.